The van der Waals surface area contributed by atoms with Crippen LogP contribution in [0.4, 0.5) is 15.1 Å². The first-order valence-corrected chi connectivity index (χ1v) is 6.59. The third kappa shape index (κ3) is 2.83. The van der Waals surface area contributed by atoms with Crippen molar-refractivity contribution in [2.75, 3.05) is 18.2 Å². The number of nitrogens with two attached hydrogens (primary N) is 2. The van der Waals surface area contributed by atoms with E-state index in [1.54, 1.807) is 12.1 Å². The molecule has 20 heavy (non-hydrogen) atoms. The summed E-state index contributed by atoms with van der Waals surface area (Å²) in [6.45, 7) is 0.453. The van der Waals surface area contributed by atoms with E-state index in [-0.39, 0.29) is 16.4 Å². The maximum atomic E-state index is 12.8. The van der Waals surface area contributed by atoms with Gasteiger partial charge in [-0.25, -0.2) is 4.39 Å². The number of rotatable bonds is 5. The number of halogens is 1. The van der Waals surface area contributed by atoms with Crippen LogP contribution in [0.15, 0.2) is 24.3 Å². The third-order valence-corrected chi connectivity index (χ3v) is 3.85. The lowest BCUT2D eigenvalue weighted by molar-refractivity contribution is 0.100. The Morgan fingerprint density at radius 3 is 2.60 bits per heavy atom. The summed E-state index contributed by atoms with van der Waals surface area (Å²) >= 11 is 1.13. The van der Waals surface area contributed by atoms with Crippen LogP contribution in [0.2, 0.25) is 0 Å². The molecule has 1 amide bonds. The zero-order valence-corrected chi connectivity index (χ0v) is 11.6. The SMILES string of the molecule is COc1c(NCc2ccc(F)cc2)sc(C(N)=O)c1N. The molecule has 0 aliphatic rings. The number of primary amides is 1. The average Bonchev–Trinajstić information content (AvgIpc) is 2.74. The number of anilines is 2. The summed E-state index contributed by atoms with van der Waals surface area (Å²) in [4.78, 5) is 11.5. The van der Waals surface area contributed by atoms with E-state index < -0.39 is 5.91 Å². The van der Waals surface area contributed by atoms with Gasteiger partial charge in [-0.15, -0.1) is 11.3 Å². The minimum absolute atomic E-state index is 0.228. The fraction of sp³-hybridized carbons (Fsp3) is 0.154. The summed E-state index contributed by atoms with van der Waals surface area (Å²) in [5.74, 6) is -0.491. The smallest absolute Gasteiger partial charge is 0.261 e. The highest BCUT2D eigenvalue weighted by Crippen LogP contribution is 2.42. The minimum Gasteiger partial charge on any atom is -0.492 e. The van der Waals surface area contributed by atoms with Gasteiger partial charge in [0.05, 0.1) is 7.11 Å². The zero-order chi connectivity index (χ0) is 14.7. The number of hydrogen-bond donors (Lipinski definition) is 3. The number of nitrogen functional groups attached to an aromatic ring is 1. The highest BCUT2D eigenvalue weighted by atomic mass is 32.1. The van der Waals surface area contributed by atoms with Crippen molar-refractivity contribution in [3.05, 3.63) is 40.5 Å². The molecule has 0 fully saturated rings. The Balaban J connectivity index is 2.18. The van der Waals surface area contributed by atoms with Crippen LogP contribution in [0.5, 0.6) is 5.75 Å². The van der Waals surface area contributed by atoms with E-state index in [0.717, 1.165) is 16.9 Å². The molecule has 2 rings (SSSR count). The van der Waals surface area contributed by atoms with Gasteiger partial charge in [-0.3, -0.25) is 4.79 Å². The van der Waals surface area contributed by atoms with Crippen molar-refractivity contribution in [1.29, 1.82) is 0 Å². The lowest BCUT2D eigenvalue weighted by atomic mass is 10.2. The van der Waals surface area contributed by atoms with Gasteiger partial charge in [-0.1, -0.05) is 12.1 Å². The molecular weight excluding hydrogens is 281 g/mol. The number of ether oxygens (including phenoxy) is 1. The number of carbonyl (C=O) groups excluding carboxylic acids is 1. The molecule has 106 valence electrons. The van der Waals surface area contributed by atoms with Crippen molar-refractivity contribution in [2.45, 2.75) is 6.54 Å². The number of amides is 1. The second-order valence-electron chi connectivity index (χ2n) is 4.05. The third-order valence-electron chi connectivity index (χ3n) is 2.69. The van der Waals surface area contributed by atoms with Gasteiger partial charge in [0.15, 0.2) is 5.75 Å². The van der Waals surface area contributed by atoms with Crippen LogP contribution in [0.3, 0.4) is 0 Å². The number of carbonyl (C=O) groups is 1. The summed E-state index contributed by atoms with van der Waals surface area (Å²) in [6, 6.07) is 6.10. The van der Waals surface area contributed by atoms with E-state index in [1.807, 2.05) is 0 Å². The molecule has 0 aliphatic carbocycles. The average molecular weight is 295 g/mol. The topological polar surface area (TPSA) is 90.4 Å². The van der Waals surface area contributed by atoms with Gasteiger partial charge in [0.25, 0.3) is 5.91 Å². The number of nitrogens with one attached hydrogen (secondary N) is 1. The highest BCUT2D eigenvalue weighted by molar-refractivity contribution is 7.19. The summed E-state index contributed by atoms with van der Waals surface area (Å²) in [6.07, 6.45) is 0. The molecule has 7 heteroatoms. The molecule has 0 unspecified atom stereocenters. The van der Waals surface area contributed by atoms with E-state index >= 15 is 0 Å². The summed E-state index contributed by atoms with van der Waals surface area (Å²) in [7, 11) is 1.46. The van der Waals surface area contributed by atoms with Gasteiger partial charge in [0.2, 0.25) is 0 Å². The Kier molecular flexibility index (Phi) is 4.09. The van der Waals surface area contributed by atoms with E-state index in [1.165, 1.54) is 19.2 Å². The van der Waals surface area contributed by atoms with Crippen LogP contribution >= 0.6 is 11.3 Å². The highest BCUT2D eigenvalue weighted by Gasteiger charge is 2.19. The summed E-state index contributed by atoms with van der Waals surface area (Å²) < 4.78 is 18.0. The molecule has 0 spiro atoms. The van der Waals surface area contributed by atoms with E-state index in [9.17, 15) is 9.18 Å². The molecule has 5 nitrogen and oxygen atoms in total. The van der Waals surface area contributed by atoms with Crippen LogP contribution in [-0.2, 0) is 6.54 Å². The van der Waals surface area contributed by atoms with Gasteiger partial charge in [-0.2, -0.15) is 0 Å². The standard InChI is InChI=1S/C13H14FN3O2S/c1-19-10-9(15)11(12(16)18)20-13(10)17-6-7-2-4-8(14)5-3-7/h2-5,17H,6,15H2,1H3,(H2,16,18). The van der Waals surface area contributed by atoms with Crippen LogP contribution < -0.4 is 21.5 Å². The largest absolute Gasteiger partial charge is 0.492 e. The lowest BCUT2D eigenvalue weighted by Gasteiger charge is -2.07. The van der Waals surface area contributed by atoms with Crippen molar-refractivity contribution < 1.29 is 13.9 Å². The Bertz CT molecular complexity index is 625. The maximum absolute atomic E-state index is 12.8. The Labute approximate surface area is 119 Å². The second-order valence-corrected chi connectivity index (χ2v) is 5.07. The molecule has 0 aliphatic heterocycles. The van der Waals surface area contributed by atoms with Crippen LogP contribution in [-0.4, -0.2) is 13.0 Å². The Morgan fingerprint density at radius 1 is 1.40 bits per heavy atom. The molecule has 1 aromatic carbocycles. The van der Waals surface area contributed by atoms with Crippen molar-refractivity contribution >= 4 is 27.9 Å². The molecule has 1 heterocycles. The number of benzene rings is 1. The first-order valence-electron chi connectivity index (χ1n) is 5.77. The zero-order valence-electron chi connectivity index (χ0n) is 10.8. The molecule has 0 saturated carbocycles. The molecule has 5 N–H and O–H groups in total. The van der Waals surface area contributed by atoms with Gasteiger partial charge >= 0.3 is 0 Å². The number of thiophene rings is 1. The Morgan fingerprint density at radius 2 is 2.05 bits per heavy atom. The Hall–Kier alpha value is -2.28. The van der Waals surface area contributed by atoms with Crippen molar-refractivity contribution in [3.63, 3.8) is 0 Å². The maximum Gasteiger partial charge on any atom is 0.261 e. The number of methoxy groups -OCH3 is 1. The minimum atomic E-state index is -0.597. The van der Waals surface area contributed by atoms with Gasteiger partial charge in [-0.05, 0) is 17.7 Å². The molecule has 0 atom stereocenters. The predicted octanol–water partition coefficient (Wildman–Crippen LogP) is 2.19. The normalized spacial score (nSPS) is 10.3. The van der Waals surface area contributed by atoms with E-state index in [0.29, 0.717) is 17.3 Å². The molecule has 1 aromatic heterocycles. The van der Waals surface area contributed by atoms with Gasteiger partial charge < -0.3 is 21.5 Å². The summed E-state index contributed by atoms with van der Waals surface area (Å²) in [5.41, 5.74) is 12.2. The van der Waals surface area contributed by atoms with Crippen molar-refractivity contribution in [2.24, 2.45) is 5.73 Å². The van der Waals surface area contributed by atoms with Gasteiger partial charge in [0.1, 0.15) is 21.4 Å². The first-order chi connectivity index (χ1) is 9.52. The van der Waals surface area contributed by atoms with Crippen molar-refractivity contribution in [1.82, 2.24) is 0 Å². The fourth-order valence-electron chi connectivity index (χ4n) is 1.72. The molecule has 0 radical (unpaired) electrons. The second kappa shape index (κ2) is 5.79. The van der Waals surface area contributed by atoms with Crippen molar-refractivity contribution in [3.8, 4) is 5.75 Å². The summed E-state index contributed by atoms with van der Waals surface area (Å²) in [5, 5.41) is 3.71. The monoisotopic (exact) mass is 295 g/mol. The van der Waals surface area contributed by atoms with E-state index in [2.05, 4.69) is 5.32 Å². The molecule has 0 bridgehead atoms. The van der Waals surface area contributed by atoms with E-state index in [4.69, 9.17) is 16.2 Å². The molecule has 0 saturated heterocycles. The lowest BCUT2D eigenvalue weighted by Crippen LogP contribution is -2.10. The predicted molar refractivity (Wildman–Crippen MR) is 77.5 cm³/mol. The molecular formula is C13H14FN3O2S. The number of hydrogen-bond acceptors (Lipinski definition) is 5. The first kappa shape index (κ1) is 14.1. The van der Waals surface area contributed by atoms with Crippen LogP contribution in [0.1, 0.15) is 15.2 Å². The molecule has 2 aromatic rings. The fourth-order valence-corrected chi connectivity index (χ4v) is 2.65. The van der Waals surface area contributed by atoms with Crippen LogP contribution in [0, 0.1) is 5.82 Å². The quantitative estimate of drug-likeness (QED) is 0.788. The van der Waals surface area contributed by atoms with Gasteiger partial charge in [0, 0.05) is 6.54 Å². The van der Waals surface area contributed by atoms with Crippen LogP contribution in [0.25, 0.3) is 0 Å².